The van der Waals surface area contributed by atoms with E-state index in [1.165, 1.54) is 0 Å². The zero-order valence-electron chi connectivity index (χ0n) is 9.50. The average Bonchev–Trinajstić information content (AvgIpc) is 2.21. The summed E-state index contributed by atoms with van der Waals surface area (Å²) in [6, 6.07) is 6.92. The van der Waals surface area contributed by atoms with Crippen LogP contribution < -0.4 is 10.5 Å². The maximum absolute atomic E-state index is 11.7. The quantitative estimate of drug-likeness (QED) is 0.861. The normalized spacial score (nSPS) is 11.2. The minimum absolute atomic E-state index is 0.00931. The summed E-state index contributed by atoms with van der Waals surface area (Å²) in [4.78, 5) is 11.7. The molecule has 0 aromatic heterocycles. The average molecular weight is 242 g/mol. The molecule has 0 fully saturated rings. The third kappa shape index (κ3) is 3.51. The van der Waals surface area contributed by atoms with Crippen molar-refractivity contribution in [3.8, 4) is 5.75 Å². The molecule has 88 valence electrons. The molecule has 0 aliphatic carbocycles. The highest BCUT2D eigenvalue weighted by atomic mass is 35.5. The highest BCUT2D eigenvalue weighted by Gasteiger charge is 2.28. The number of halogens is 1. The van der Waals surface area contributed by atoms with Crippen molar-refractivity contribution in [1.29, 1.82) is 0 Å². The van der Waals surface area contributed by atoms with Crippen LogP contribution in [-0.2, 0) is 4.79 Å². The molecule has 2 N–H and O–H groups in total. The highest BCUT2D eigenvalue weighted by Crippen LogP contribution is 2.21. The van der Waals surface area contributed by atoms with Gasteiger partial charge in [-0.05, 0) is 44.7 Å². The summed E-state index contributed by atoms with van der Waals surface area (Å²) in [5.41, 5.74) is 4.49. The first kappa shape index (κ1) is 13.0. The Hall–Kier alpha value is -1.06. The molecule has 0 bridgehead atoms. The summed E-state index contributed by atoms with van der Waals surface area (Å²) in [6.07, 6.45) is 0.320. The number of carbonyl (C=O) groups excluding carboxylic acids is 1. The molecule has 0 spiro atoms. The van der Waals surface area contributed by atoms with Gasteiger partial charge in [-0.2, -0.15) is 0 Å². The Morgan fingerprint density at radius 2 is 1.94 bits per heavy atom. The van der Waals surface area contributed by atoms with Crippen LogP contribution in [0.3, 0.4) is 0 Å². The lowest BCUT2D eigenvalue weighted by Gasteiger charge is -2.24. The van der Waals surface area contributed by atoms with Gasteiger partial charge in [0.15, 0.2) is 11.4 Å². The fourth-order valence-electron chi connectivity index (χ4n) is 1.29. The Balaban J connectivity index is 2.72. The predicted octanol–water partition coefficient (Wildman–Crippen LogP) is 2.42. The maximum atomic E-state index is 11.7. The molecule has 4 heteroatoms. The number of hydrogen-bond acceptors (Lipinski definition) is 3. The molecule has 0 radical (unpaired) electrons. The summed E-state index contributed by atoms with van der Waals surface area (Å²) in [7, 11) is 0. The Labute approximate surface area is 101 Å². The summed E-state index contributed by atoms with van der Waals surface area (Å²) in [5, 5.41) is 0.637. The molecule has 1 rings (SSSR count). The molecule has 1 aromatic carbocycles. The van der Waals surface area contributed by atoms with Gasteiger partial charge in [0, 0.05) is 11.4 Å². The minimum Gasteiger partial charge on any atom is -0.480 e. The van der Waals surface area contributed by atoms with Gasteiger partial charge in [0.2, 0.25) is 0 Å². The molecule has 0 heterocycles. The topological polar surface area (TPSA) is 52.3 Å². The van der Waals surface area contributed by atoms with Crippen molar-refractivity contribution in [2.45, 2.75) is 25.9 Å². The third-order valence-corrected chi connectivity index (χ3v) is 2.48. The van der Waals surface area contributed by atoms with Crippen molar-refractivity contribution in [2.24, 2.45) is 5.73 Å². The van der Waals surface area contributed by atoms with E-state index in [1.807, 2.05) is 0 Å². The van der Waals surface area contributed by atoms with Crippen molar-refractivity contribution >= 4 is 17.4 Å². The van der Waals surface area contributed by atoms with E-state index in [0.29, 0.717) is 23.7 Å². The van der Waals surface area contributed by atoms with Gasteiger partial charge in [-0.25, -0.2) is 0 Å². The van der Waals surface area contributed by atoms with E-state index >= 15 is 0 Å². The Morgan fingerprint density at radius 1 is 1.38 bits per heavy atom. The second kappa shape index (κ2) is 5.32. The van der Waals surface area contributed by atoms with Gasteiger partial charge in [0.25, 0.3) is 0 Å². The number of carbonyl (C=O) groups is 1. The maximum Gasteiger partial charge on any atom is 0.177 e. The van der Waals surface area contributed by atoms with Crippen molar-refractivity contribution in [1.82, 2.24) is 0 Å². The van der Waals surface area contributed by atoms with Crippen molar-refractivity contribution < 1.29 is 9.53 Å². The molecule has 0 atom stereocenters. The van der Waals surface area contributed by atoms with Gasteiger partial charge < -0.3 is 10.5 Å². The monoisotopic (exact) mass is 241 g/mol. The molecular weight excluding hydrogens is 226 g/mol. The predicted molar refractivity (Wildman–Crippen MR) is 64.8 cm³/mol. The van der Waals surface area contributed by atoms with Crippen molar-refractivity contribution in [3.63, 3.8) is 0 Å². The van der Waals surface area contributed by atoms with Crippen LogP contribution in [0.5, 0.6) is 5.75 Å². The number of Topliss-reactive ketones (excluding diaryl/α,β-unsaturated/α-hetero) is 1. The van der Waals surface area contributed by atoms with E-state index in [-0.39, 0.29) is 5.78 Å². The number of ether oxygens (including phenoxy) is 1. The van der Waals surface area contributed by atoms with Crippen LogP contribution in [0, 0.1) is 0 Å². The second-order valence-electron chi connectivity index (χ2n) is 4.03. The molecule has 0 amide bonds. The van der Waals surface area contributed by atoms with Gasteiger partial charge in [-0.3, -0.25) is 4.79 Å². The van der Waals surface area contributed by atoms with Crippen LogP contribution in [0.4, 0.5) is 0 Å². The molecule has 1 aromatic rings. The van der Waals surface area contributed by atoms with Gasteiger partial charge in [-0.15, -0.1) is 0 Å². The molecule has 16 heavy (non-hydrogen) atoms. The summed E-state index contributed by atoms with van der Waals surface area (Å²) in [5.74, 6) is 0.615. The van der Waals surface area contributed by atoms with Gasteiger partial charge >= 0.3 is 0 Å². The van der Waals surface area contributed by atoms with Crippen molar-refractivity contribution in [3.05, 3.63) is 29.3 Å². The first-order valence-corrected chi connectivity index (χ1v) is 5.51. The Morgan fingerprint density at radius 3 is 2.44 bits per heavy atom. The number of rotatable bonds is 5. The molecule has 3 nitrogen and oxygen atoms in total. The first-order chi connectivity index (χ1) is 7.45. The van der Waals surface area contributed by atoms with E-state index in [4.69, 9.17) is 22.1 Å². The number of benzene rings is 1. The highest BCUT2D eigenvalue weighted by molar-refractivity contribution is 6.30. The third-order valence-electron chi connectivity index (χ3n) is 2.23. The zero-order valence-corrected chi connectivity index (χ0v) is 10.3. The van der Waals surface area contributed by atoms with E-state index in [0.717, 1.165) is 0 Å². The lowest BCUT2D eigenvalue weighted by molar-refractivity contribution is -0.131. The minimum atomic E-state index is -0.854. The number of nitrogens with two attached hydrogens (primary N) is 1. The number of ketones is 1. The SMILES string of the molecule is CC(C)(Oc1ccc(Cl)cc1)C(=O)CCN. The van der Waals surface area contributed by atoms with Crippen LogP contribution in [0.2, 0.25) is 5.02 Å². The Kier molecular flexibility index (Phi) is 4.33. The molecule has 0 saturated heterocycles. The Bertz CT molecular complexity index is 360. The molecule has 0 unspecified atom stereocenters. The van der Waals surface area contributed by atoms with Crippen LogP contribution in [0.25, 0.3) is 0 Å². The summed E-state index contributed by atoms with van der Waals surface area (Å²) < 4.78 is 5.61. The zero-order chi connectivity index (χ0) is 12.2. The van der Waals surface area contributed by atoms with Crippen LogP contribution in [0.15, 0.2) is 24.3 Å². The summed E-state index contributed by atoms with van der Waals surface area (Å²) in [6.45, 7) is 3.81. The van der Waals surface area contributed by atoms with Crippen LogP contribution in [-0.4, -0.2) is 17.9 Å². The fourth-order valence-corrected chi connectivity index (χ4v) is 1.41. The fraction of sp³-hybridized carbons (Fsp3) is 0.417. The lowest BCUT2D eigenvalue weighted by atomic mass is 10.0. The standard InChI is InChI=1S/C12H16ClNO2/c1-12(2,11(15)7-8-14)16-10-5-3-9(13)4-6-10/h3-6H,7-8,14H2,1-2H3. The second-order valence-corrected chi connectivity index (χ2v) is 4.46. The van der Waals surface area contributed by atoms with Gasteiger partial charge in [-0.1, -0.05) is 11.6 Å². The smallest absolute Gasteiger partial charge is 0.177 e. The molecule has 0 saturated carbocycles. The van der Waals surface area contributed by atoms with E-state index in [2.05, 4.69) is 0 Å². The number of hydrogen-bond donors (Lipinski definition) is 1. The molecule has 0 aliphatic rings. The van der Waals surface area contributed by atoms with Crippen molar-refractivity contribution in [2.75, 3.05) is 6.54 Å². The largest absolute Gasteiger partial charge is 0.480 e. The molecular formula is C12H16ClNO2. The van der Waals surface area contributed by atoms with Crippen LogP contribution >= 0.6 is 11.6 Å². The summed E-state index contributed by atoms with van der Waals surface area (Å²) >= 11 is 5.76. The van der Waals surface area contributed by atoms with E-state index in [1.54, 1.807) is 38.1 Å². The lowest BCUT2D eigenvalue weighted by Crippen LogP contribution is -2.39. The van der Waals surface area contributed by atoms with Gasteiger partial charge in [0.1, 0.15) is 5.75 Å². The van der Waals surface area contributed by atoms with E-state index < -0.39 is 5.60 Å². The first-order valence-electron chi connectivity index (χ1n) is 5.13. The molecule has 0 aliphatic heterocycles. The van der Waals surface area contributed by atoms with Crippen LogP contribution in [0.1, 0.15) is 20.3 Å². The van der Waals surface area contributed by atoms with Gasteiger partial charge in [0.05, 0.1) is 0 Å². The van der Waals surface area contributed by atoms with E-state index in [9.17, 15) is 4.79 Å².